The van der Waals surface area contributed by atoms with Crippen LogP contribution in [-0.2, 0) is 5.41 Å². The number of rotatable bonds is 7. The predicted molar refractivity (Wildman–Crippen MR) is 248 cm³/mol. The van der Waals surface area contributed by atoms with Gasteiger partial charge in [-0.25, -0.2) is 0 Å². The summed E-state index contributed by atoms with van der Waals surface area (Å²) in [6, 6.07) is 68.4. The molecule has 0 fully saturated rings. The van der Waals surface area contributed by atoms with Gasteiger partial charge in [0, 0.05) is 38.9 Å². The van der Waals surface area contributed by atoms with Gasteiger partial charge in [0.05, 0.1) is 11.4 Å². The molecular formula is C57H43NO. The molecule has 2 aliphatic carbocycles. The molecule has 11 rings (SSSR count). The third-order valence-electron chi connectivity index (χ3n) is 12.7. The normalized spacial score (nSPS) is 15.2. The zero-order chi connectivity index (χ0) is 39.5. The second kappa shape index (κ2) is 14.0. The first-order chi connectivity index (χ1) is 29.0. The molecule has 0 amide bonds. The summed E-state index contributed by atoms with van der Waals surface area (Å²) in [4.78, 5) is 2.48. The predicted octanol–water partition coefficient (Wildman–Crippen LogP) is 15.8. The van der Waals surface area contributed by atoms with Crippen molar-refractivity contribution in [3.63, 3.8) is 0 Å². The number of hydrogen-bond donors (Lipinski definition) is 0. The van der Waals surface area contributed by atoms with E-state index in [1.54, 1.807) is 0 Å². The Balaban J connectivity index is 1.09. The highest BCUT2D eigenvalue weighted by Crippen LogP contribution is 2.54. The molecule has 0 saturated heterocycles. The lowest BCUT2D eigenvalue weighted by Gasteiger charge is -2.31. The van der Waals surface area contributed by atoms with Crippen molar-refractivity contribution < 1.29 is 4.42 Å². The van der Waals surface area contributed by atoms with Crippen LogP contribution in [0.2, 0.25) is 0 Å². The van der Waals surface area contributed by atoms with Crippen molar-refractivity contribution in [1.29, 1.82) is 0 Å². The molecule has 1 unspecified atom stereocenters. The lowest BCUT2D eigenvalue weighted by molar-refractivity contribution is 0.660. The van der Waals surface area contributed by atoms with Crippen molar-refractivity contribution in [2.75, 3.05) is 4.90 Å². The van der Waals surface area contributed by atoms with E-state index in [4.69, 9.17) is 4.42 Å². The van der Waals surface area contributed by atoms with Crippen molar-refractivity contribution in [3.8, 4) is 33.4 Å². The Morgan fingerprint density at radius 2 is 1.10 bits per heavy atom. The average molecular weight is 758 g/mol. The first-order valence-corrected chi connectivity index (χ1v) is 20.7. The number of hydrogen-bond acceptors (Lipinski definition) is 2. The number of furan rings is 1. The first kappa shape index (κ1) is 35.0. The summed E-state index contributed by atoms with van der Waals surface area (Å²) in [5, 5.41) is 2.25. The molecule has 1 heterocycles. The van der Waals surface area contributed by atoms with Crippen LogP contribution in [0.1, 0.15) is 48.4 Å². The molecule has 1 aromatic heterocycles. The molecule has 0 spiro atoms. The quantitative estimate of drug-likeness (QED) is 0.161. The van der Waals surface area contributed by atoms with Crippen molar-refractivity contribution in [3.05, 3.63) is 229 Å². The molecule has 59 heavy (non-hydrogen) atoms. The maximum Gasteiger partial charge on any atom is 0.136 e. The zero-order valence-corrected chi connectivity index (χ0v) is 33.3. The van der Waals surface area contributed by atoms with E-state index in [0.29, 0.717) is 5.92 Å². The van der Waals surface area contributed by atoms with Crippen molar-refractivity contribution in [2.45, 2.75) is 31.6 Å². The van der Waals surface area contributed by atoms with Crippen LogP contribution in [0, 0.1) is 0 Å². The standard InChI is InChI=1S/C57H43NO/c1-57(2)49-24-10-6-20-47(49)55-45(22-14-25-50(55)57)43-18-7-11-26-51(43)58(42-36-34-41(35-37-42)40-32-30-39(31-33-40)38-16-4-3-5-17-38)52-27-12-8-19-44(52)46-23-15-29-54-56(46)48-21-9-13-28-53(48)59-54/h3-32,34-37,40H,33H2,1-2H3. The van der Waals surface area contributed by atoms with Crippen LogP contribution in [0.5, 0.6) is 0 Å². The van der Waals surface area contributed by atoms with E-state index < -0.39 is 0 Å². The van der Waals surface area contributed by atoms with E-state index in [1.165, 1.54) is 50.1 Å². The third-order valence-corrected chi connectivity index (χ3v) is 12.7. The van der Waals surface area contributed by atoms with E-state index >= 15 is 0 Å². The Bertz CT molecular complexity index is 3110. The summed E-state index contributed by atoms with van der Waals surface area (Å²) in [5.74, 6) is 0.312. The fraction of sp³-hybridized carbons (Fsp3) is 0.0877. The van der Waals surface area contributed by atoms with Gasteiger partial charge in [-0.1, -0.05) is 184 Å². The van der Waals surface area contributed by atoms with Crippen LogP contribution in [-0.4, -0.2) is 0 Å². The Morgan fingerprint density at radius 3 is 1.86 bits per heavy atom. The molecule has 282 valence electrons. The van der Waals surface area contributed by atoms with Gasteiger partial charge in [-0.3, -0.25) is 0 Å². The minimum atomic E-state index is -0.102. The van der Waals surface area contributed by atoms with Crippen LogP contribution in [0.4, 0.5) is 17.1 Å². The maximum absolute atomic E-state index is 6.43. The first-order valence-electron chi connectivity index (χ1n) is 20.7. The molecule has 2 nitrogen and oxygen atoms in total. The topological polar surface area (TPSA) is 16.4 Å². The zero-order valence-electron chi connectivity index (χ0n) is 33.3. The lowest BCUT2D eigenvalue weighted by Crippen LogP contribution is -2.15. The third kappa shape index (κ3) is 5.78. The highest BCUT2D eigenvalue weighted by Gasteiger charge is 2.37. The maximum atomic E-state index is 6.43. The molecule has 0 radical (unpaired) electrons. The molecule has 1 atom stereocenters. The average Bonchev–Trinajstić information content (AvgIpc) is 3.80. The Morgan fingerprint density at radius 1 is 0.508 bits per heavy atom. The van der Waals surface area contributed by atoms with Gasteiger partial charge in [-0.2, -0.15) is 0 Å². The van der Waals surface area contributed by atoms with Crippen LogP contribution < -0.4 is 4.90 Å². The molecular weight excluding hydrogens is 715 g/mol. The molecule has 0 saturated carbocycles. The van der Waals surface area contributed by atoms with Crippen molar-refractivity contribution >= 4 is 44.6 Å². The van der Waals surface area contributed by atoms with Gasteiger partial charge < -0.3 is 9.32 Å². The number of para-hydroxylation sites is 3. The summed E-state index contributed by atoms with van der Waals surface area (Å²) in [5.41, 5.74) is 19.0. The van der Waals surface area contributed by atoms with E-state index in [0.717, 1.165) is 56.5 Å². The largest absolute Gasteiger partial charge is 0.456 e. The highest BCUT2D eigenvalue weighted by atomic mass is 16.3. The van der Waals surface area contributed by atoms with Crippen molar-refractivity contribution in [2.24, 2.45) is 0 Å². The second-order valence-electron chi connectivity index (χ2n) is 16.4. The molecule has 9 aromatic rings. The fourth-order valence-corrected chi connectivity index (χ4v) is 9.76. The van der Waals surface area contributed by atoms with Gasteiger partial charge in [0.2, 0.25) is 0 Å². The molecule has 0 N–H and O–H groups in total. The van der Waals surface area contributed by atoms with Crippen LogP contribution >= 0.6 is 0 Å². The van der Waals surface area contributed by atoms with Gasteiger partial charge in [0.25, 0.3) is 0 Å². The summed E-state index contributed by atoms with van der Waals surface area (Å²) < 4.78 is 6.43. The molecule has 2 aliphatic rings. The Kier molecular flexibility index (Phi) is 8.34. The lowest BCUT2D eigenvalue weighted by atomic mass is 9.82. The number of nitrogens with zero attached hydrogens (tertiary/aromatic N) is 1. The Labute approximate surface area is 346 Å². The highest BCUT2D eigenvalue weighted by molar-refractivity contribution is 6.14. The summed E-state index contributed by atoms with van der Waals surface area (Å²) in [6.07, 6.45) is 8.00. The second-order valence-corrected chi connectivity index (χ2v) is 16.4. The fourth-order valence-electron chi connectivity index (χ4n) is 9.76. The SMILES string of the molecule is CC1(C)c2ccccc2-c2c(-c3ccccc3N(c3ccc(C4C=CC(c5ccccc5)=CC4)cc3)c3ccccc3-c3cccc4oc5ccccc5c34)cccc21. The van der Waals surface area contributed by atoms with Crippen LogP contribution in [0.3, 0.4) is 0 Å². The number of allylic oxidation sites excluding steroid dienone is 4. The number of fused-ring (bicyclic) bond motifs is 6. The number of anilines is 3. The number of benzene rings is 8. The van der Waals surface area contributed by atoms with Gasteiger partial charge in [-0.15, -0.1) is 0 Å². The van der Waals surface area contributed by atoms with E-state index in [-0.39, 0.29) is 5.41 Å². The molecule has 0 bridgehead atoms. The van der Waals surface area contributed by atoms with E-state index in [9.17, 15) is 0 Å². The van der Waals surface area contributed by atoms with Gasteiger partial charge in [0.1, 0.15) is 11.2 Å². The minimum Gasteiger partial charge on any atom is -0.456 e. The van der Waals surface area contributed by atoms with Gasteiger partial charge in [-0.05, 0) is 92.9 Å². The molecule has 8 aromatic carbocycles. The van der Waals surface area contributed by atoms with E-state index in [1.807, 2.05) is 6.07 Å². The van der Waals surface area contributed by atoms with Gasteiger partial charge in [0.15, 0.2) is 0 Å². The smallest absolute Gasteiger partial charge is 0.136 e. The summed E-state index contributed by atoms with van der Waals surface area (Å²) in [7, 11) is 0. The minimum absolute atomic E-state index is 0.102. The summed E-state index contributed by atoms with van der Waals surface area (Å²) >= 11 is 0. The van der Waals surface area contributed by atoms with Gasteiger partial charge >= 0.3 is 0 Å². The summed E-state index contributed by atoms with van der Waals surface area (Å²) in [6.45, 7) is 4.72. The molecule has 2 heteroatoms. The van der Waals surface area contributed by atoms with Crippen molar-refractivity contribution in [1.82, 2.24) is 0 Å². The van der Waals surface area contributed by atoms with Crippen LogP contribution in [0.15, 0.2) is 211 Å². The Hall–Kier alpha value is -7.16. The van der Waals surface area contributed by atoms with Crippen LogP contribution in [0.25, 0.3) is 60.9 Å². The monoisotopic (exact) mass is 757 g/mol. The molecule has 0 aliphatic heterocycles. The van der Waals surface area contributed by atoms with E-state index in [2.05, 4.69) is 219 Å².